The van der Waals surface area contributed by atoms with Crippen molar-refractivity contribution in [2.75, 3.05) is 63.3 Å². The molecule has 0 radical (unpaired) electrons. The Bertz CT molecular complexity index is 1500. The van der Waals surface area contributed by atoms with Gasteiger partial charge in [0.1, 0.15) is 18.0 Å². The van der Waals surface area contributed by atoms with Crippen molar-refractivity contribution in [2.24, 2.45) is 0 Å². The summed E-state index contributed by atoms with van der Waals surface area (Å²) in [7, 11) is 1.75. The number of benzene rings is 3. The minimum atomic E-state index is 0.556. The molecule has 7 nitrogen and oxygen atoms in total. The van der Waals surface area contributed by atoms with Crippen LogP contribution in [0.1, 0.15) is 29.0 Å². The van der Waals surface area contributed by atoms with Crippen LogP contribution in [0.3, 0.4) is 0 Å². The molecule has 1 fully saturated rings. The molecular weight excluding hydrogens is 498 g/mol. The Labute approximate surface area is 236 Å². The smallest absolute Gasteiger partial charge is 0.152 e. The third-order valence-corrected chi connectivity index (χ3v) is 8.72. The largest absolute Gasteiger partial charge is 0.495 e. The second kappa shape index (κ2) is 11.0. The summed E-state index contributed by atoms with van der Waals surface area (Å²) in [5.74, 6) is 2.46. The van der Waals surface area contributed by atoms with Crippen molar-refractivity contribution < 1.29 is 9.47 Å². The van der Waals surface area contributed by atoms with Crippen LogP contribution < -0.4 is 19.7 Å². The van der Waals surface area contributed by atoms with E-state index in [2.05, 4.69) is 68.5 Å². The first-order valence-corrected chi connectivity index (χ1v) is 14.4. The number of aromatic nitrogens is 1. The lowest BCUT2D eigenvalue weighted by Crippen LogP contribution is -2.46. The summed E-state index contributed by atoms with van der Waals surface area (Å²) in [5.41, 5.74) is 7.51. The molecule has 0 saturated carbocycles. The molecular formula is C33H37N5O2. The first-order chi connectivity index (χ1) is 19.8. The number of para-hydroxylation sites is 3. The molecule has 206 valence electrons. The molecule has 7 heteroatoms. The average Bonchev–Trinajstić information content (AvgIpc) is 3.43. The van der Waals surface area contributed by atoms with E-state index in [4.69, 9.17) is 14.5 Å². The van der Waals surface area contributed by atoms with Crippen LogP contribution in [-0.4, -0.2) is 67.9 Å². The second-order valence-corrected chi connectivity index (χ2v) is 11.1. The molecule has 1 atom stereocenters. The van der Waals surface area contributed by atoms with Crippen LogP contribution in [0.2, 0.25) is 0 Å². The van der Waals surface area contributed by atoms with Gasteiger partial charge in [0.15, 0.2) is 5.75 Å². The van der Waals surface area contributed by atoms with E-state index in [1.54, 1.807) is 7.11 Å². The van der Waals surface area contributed by atoms with Crippen LogP contribution in [-0.2, 0) is 13.1 Å². The third-order valence-electron chi connectivity index (χ3n) is 8.72. The monoisotopic (exact) mass is 535 g/mol. The summed E-state index contributed by atoms with van der Waals surface area (Å²) in [6.07, 6.45) is 3.01. The van der Waals surface area contributed by atoms with E-state index < -0.39 is 0 Å². The average molecular weight is 536 g/mol. The Morgan fingerprint density at radius 1 is 0.975 bits per heavy atom. The number of hydrogen-bond donors (Lipinski definition) is 1. The summed E-state index contributed by atoms with van der Waals surface area (Å²) < 4.78 is 12.0. The standard InChI is InChI=1S/C33H37N5O2/c1-39-31-11-5-4-10-30(31)38-17-15-36(16-18-38)21-25-19-26-22-37(23-40-33(26)32-28(25)8-6-13-34-32)14-12-24-20-35-29-9-3-2-7-27(24)29/h2-11,13,19,24,35H,12,14-18,20-23H2,1H3. The maximum Gasteiger partial charge on any atom is 0.152 e. The Morgan fingerprint density at radius 2 is 1.82 bits per heavy atom. The van der Waals surface area contributed by atoms with Crippen LogP contribution in [0.5, 0.6) is 11.5 Å². The lowest BCUT2D eigenvalue weighted by Gasteiger charge is -2.37. The molecule has 1 unspecified atom stereocenters. The highest BCUT2D eigenvalue weighted by Gasteiger charge is 2.27. The highest BCUT2D eigenvalue weighted by Crippen LogP contribution is 2.37. The minimum absolute atomic E-state index is 0.556. The van der Waals surface area contributed by atoms with Gasteiger partial charge in [-0.15, -0.1) is 0 Å². The SMILES string of the molecule is COc1ccccc1N1CCN(Cc2cc3c(c4ncccc24)OCN(CCC2CNc4ccccc42)C3)CC1. The molecule has 3 aromatic carbocycles. The van der Waals surface area contributed by atoms with Gasteiger partial charge in [0.2, 0.25) is 0 Å². The fourth-order valence-electron chi connectivity index (χ4n) is 6.58. The second-order valence-electron chi connectivity index (χ2n) is 11.1. The zero-order valence-electron chi connectivity index (χ0n) is 23.2. The highest BCUT2D eigenvalue weighted by atomic mass is 16.5. The maximum atomic E-state index is 6.38. The van der Waals surface area contributed by atoms with E-state index >= 15 is 0 Å². The van der Waals surface area contributed by atoms with Gasteiger partial charge in [-0.05, 0) is 47.9 Å². The summed E-state index contributed by atoms with van der Waals surface area (Å²) in [5, 5.41) is 4.77. The molecule has 0 amide bonds. The minimum Gasteiger partial charge on any atom is -0.495 e. The Morgan fingerprint density at radius 3 is 2.73 bits per heavy atom. The molecule has 0 spiro atoms. The predicted molar refractivity (Wildman–Crippen MR) is 160 cm³/mol. The summed E-state index contributed by atoms with van der Waals surface area (Å²) in [4.78, 5) is 12.2. The molecule has 7 rings (SSSR count). The van der Waals surface area contributed by atoms with Crippen molar-refractivity contribution in [3.63, 3.8) is 0 Å². The number of nitrogens with one attached hydrogen (secondary N) is 1. The molecule has 1 aromatic heterocycles. The molecule has 3 aliphatic rings. The van der Waals surface area contributed by atoms with Gasteiger partial charge in [-0.3, -0.25) is 14.8 Å². The van der Waals surface area contributed by atoms with Gasteiger partial charge in [-0.1, -0.05) is 36.4 Å². The van der Waals surface area contributed by atoms with Gasteiger partial charge >= 0.3 is 0 Å². The first kappa shape index (κ1) is 25.2. The molecule has 1 N–H and O–H groups in total. The molecule has 4 heterocycles. The van der Waals surface area contributed by atoms with E-state index in [-0.39, 0.29) is 0 Å². The first-order valence-electron chi connectivity index (χ1n) is 14.4. The molecule has 0 bridgehead atoms. The van der Waals surface area contributed by atoms with Gasteiger partial charge in [-0.25, -0.2) is 0 Å². The van der Waals surface area contributed by atoms with Crippen molar-refractivity contribution in [1.82, 2.24) is 14.8 Å². The van der Waals surface area contributed by atoms with Crippen LogP contribution in [0.25, 0.3) is 10.9 Å². The maximum absolute atomic E-state index is 6.38. The van der Waals surface area contributed by atoms with Gasteiger partial charge in [-0.2, -0.15) is 0 Å². The van der Waals surface area contributed by atoms with Crippen LogP contribution in [0.15, 0.2) is 72.9 Å². The van der Waals surface area contributed by atoms with Gasteiger partial charge in [0.25, 0.3) is 0 Å². The van der Waals surface area contributed by atoms with Crippen LogP contribution in [0.4, 0.5) is 11.4 Å². The fourth-order valence-corrected chi connectivity index (χ4v) is 6.58. The zero-order chi connectivity index (χ0) is 26.9. The van der Waals surface area contributed by atoms with E-state index in [0.717, 1.165) is 75.8 Å². The van der Waals surface area contributed by atoms with E-state index in [0.29, 0.717) is 12.6 Å². The van der Waals surface area contributed by atoms with Crippen molar-refractivity contribution in [1.29, 1.82) is 0 Å². The van der Waals surface area contributed by atoms with Crippen LogP contribution >= 0.6 is 0 Å². The molecule has 40 heavy (non-hydrogen) atoms. The number of nitrogens with zero attached hydrogens (tertiary/aromatic N) is 4. The number of hydrogen-bond acceptors (Lipinski definition) is 7. The van der Waals surface area contributed by atoms with Gasteiger partial charge < -0.3 is 19.7 Å². The van der Waals surface area contributed by atoms with Gasteiger partial charge in [0.05, 0.1) is 12.8 Å². The van der Waals surface area contributed by atoms with Crippen molar-refractivity contribution in [2.45, 2.75) is 25.4 Å². The van der Waals surface area contributed by atoms with Crippen LogP contribution in [0, 0.1) is 0 Å². The van der Waals surface area contributed by atoms with Crippen molar-refractivity contribution in [3.05, 3.63) is 89.6 Å². The molecule has 0 aliphatic carbocycles. The summed E-state index contributed by atoms with van der Waals surface area (Å²) >= 11 is 0. The Kier molecular flexibility index (Phi) is 6.92. The van der Waals surface area contributed by atoms with E-state index in [1.807, 2.05) is 24.4 Å². The summed E-state index contributed by atoms with van der Waals surface area (Å²) in [6.45, 7) is 8.46. The number of pyridine rings is 1. The number of piperazine rings is 1. The molecule has 3 aliphatic heterocycles. The number of methoxy groups -OCH3 is 1. The quantitative estimate of drug-likeness (QED) is 0.344. The normalized spacial score (nSPS) is 19.1. The fraction of sp³-hybridized carbons (Fsp3) is 0.364. The number of anilines is 2. The summed E-state index contributed by atoms with van der Waals surface area (Å²) in [6, 6.07) is 23.7. The number of fused-ring (bicyclic) bond motifs is 4. The third kappa shape index (κ3) is 4.84. The predicted octanol–water partition coefficient (Wildman–Crippen LogP) is 5.32. The lowest BCUT2D eigenvalue weighted by molar-refractivity contribution is 0.0940. The number of rotatable bonds is 7. The van der Waals surface area contributed by atoms with Crippen molar-refractivity contribution >= 4 is 22.3 Å². The molecule has 1 saturated heterocycles. The molecule has 4 aromatic rings. The highest BCUT2D eigenvalue weighted by molar-refractivity contribution is 5.89. The lowest BCUT2D eigenvalue weighted by atomic mass is 9.97. The van der Waals surface area contributed by atoms with E-state index in [9.17, 15) is 0 Å². The Hall–Kier alpha value is -3.81. The van der Waals surface area contributed by atoms with Gasteiger partial charge in [0, 0.05) is 81.1 Å². The van der Waals surface area contributed by atoms with Crippen molar-refractivity contribution in [3.8, 4) is 11.5 Å². The zero-order valence-corrected chi connectivity index (χ0v) is 23.2. The van der Waals surface area contributed by atoms with E-state index in [1.165, 1.54) is 33.5 Å². The Balaban J connectivity index is 1.05. The topological polar surface area (TPSA) is 53.1 Å². The number of ether oxygens (including phenoxy) is 2.